The van der Waals surface area contributed by atoms with Gasteiger partial charge in [0.15, 0.2) is 23.2 Å². The van der Waals surface area contributed by atoms with Crippen LogP contribution in [-0.2, 0) is 13.5 Å². The maximum absolute atomic E-state index is 13.0. The van der Waals surface area contributed by atoms with Crippen LogP contribution in [0.1, 0.15) is 16.2 Å². The molecular weight excluding hydrogens is 247 g/mol. The highest BCUT2D eigenvalue weighted by atomic mass is 19.2. The summed E-state index contributed by atoms with van der Waals surface area (Å²) in [6, 6.07) is 1.33. The van der Waals surface area contributed by atoms with E-state index in [0.29, 0.717) is 18.0 Å². The van der Waals surface area contributed by atoms with E-state index in [0.717, 1.165) is 0 Å². The molecule has 7 heteroatoms. The number of halogens is 3. The minimum atomic E-state index is -1.59. The molecule has 0 unspecified atom stereocenters. The van der Waals surface area contributed by atoms with Gasteiger partial charge in [-0.2, -0.15) is 5.10 Å². The predicted octanol–water partition coefficient (Wildman–Crippen LogP) is 1.66. The van der Waals surface area contributed by atoms with Gasteiger partial charge >= 0.3 is 0 Å². The standard InChI is InChI=1S/C11H8F3N3O/c1-17-10(15-5-16-17)4-9(18)6-2-7(12)11(14)8(13)3-6/h2-3,5H,4H2,1H3. The maximum Gasteiger partial charge on any atom is 0.194 e. The fraction of sp³-hybridized carbons (Fsp3) is 0.182. The molecule has 0 spiro atoms. The number of ketones is 1. The monoisotopic (exact) mass is 255 g/mol. The van der Waals surface area contributed by atoms with Crippen LogP contribution < -0.4 is 0 Å². The lowest BCUT2D eigenvalue weighted by molar-refractivity contribution is 0.0988. The number of aryl methyl sites for hydroxylation is 1. The van der Waals surface area contributed by atoms with E-state index >= 15 is 0 Å². The molecule has 0 amide bonds. The first-order chi connectivity index (χ1) is 8.49. The first kappa shape index (κ1) is 12.3. The summed E-state index contributed by atoms with van der Waals surface area (Å²) in [7, 11) is 1.58. The molecule has 0 fully saturated rings. The van der Waals surface area contributed by atoms with Crippen LogP contribution in [0.4, 0.5) is 13.2 Å². The Kier molecular flexibility index (Phi) is 3.14. The second-order valence-electron chi connectivity index (χ2n) is 3.65. The number of nitrogens with zero attached hydrogens (tertiary/aromatic N) is 3. The normalized spacial score (nSPS) is 10.7. The van der Waals surface area contributed by atoms with Crippen molar-refractivity contribution in [2.75, 3.05) is 0 Å². The van der Waals surface area contributed by atoms with E-state index in [-0.39, 0.29) is 12.0 Å². The lowest BCUT2D eigenvalue weighted by atomic mass is 10.1. The van der Waals surface area contributed by atoms with Gasteiger partial charge in [0.05, 0.1) is 6.42 Å². The number of aromatic nitrogens is 3. The van der Waals surface area contributed by atoms with Gasteiger partial charge in [0.1, 0.15) is 12.2 Å². The number of hydrogen-bond acceptors (Lipinski definition) is 3. The Balaban J connectivity index is 2.27. The highest BCUT2D eigenvalue weighted by Crippen LogP contribution is 2.15. The molecule has 1 aromatic carbocycles. The predicted molar refractivity (Wildman–Crippen MR) is 55.4 cm³/mol. The van der Waals surface area contributed by atoms with Crippen molar-refractivity contribution in [2.45, 2.75) is 6.42 Å². The molecule has 1 heterocycles. The molecule has 0 radical (unpaired) electrons. The lowest BCUT2D eigenvalue weighted by Gasteiger charge is -2.02. The summed E-state index contributed by atoms with van der Waals surface area (Å²) in [6.07, 6.45) is 1.09. The van der Waals surface area contributed by atoms with Gasteiger partial charge in [0, 0.05) is 12.6 Å². The van der Waals surface area contributed by atoms with Crippen molar-refractivity contribution < 1.29 is 18.0 Å². The first-order valence-corrected chi connectivity index (χ1v) is 4.99. The molecule has 0 bridgehead atoms. The van der Waals surface area contributed by atoms with Crippen molar-refractivity contribution in [1.29, 1.82) is 0 Å². The third-order valence-electron chi connectivity index (χ3n) is 2.43. The molecule has 0 N–H and O–H groups in total. The van der Waals surface area contributed by atoms with E-state index in [4.69, 9.17) is 0 Å². The molecule has 0 aliphatic heterocycles. The van der Waals surface area contributed by atoms with Crippen LogP contribution in [0.15, 0.2) is 18.5 Å². The van der Waals surface area contributed by atoms with Crippen LogP contribution >= 0.6 is 0 Å². The van der Waals surface area contributed by atoms with Crippen LogP contribution in [0.25, 0.3) is 0 Å². The van der Waals surface area contributed by atoms with Gasteiger partial charge in [-0.15, -0.1) is 0 Å². The SMILES string of the molecule is Cn1ncnc1CC(=O)c1cc(F)c(F)c(F)c1. The Hall–Kier alpha value is -2.18. The van der Waals surface area contributed by atoms with Gasteiger partial charge in [-0.05, 0) is 12.1 Å². The Bertz CT molecular complexity index is 586. The third kappa shape index (κ3) is 2.24. The molecule has 94 valence electrons. The second-order valence-corrected chi connectivity index (χ2v) is 3.65. The van der Waals surface area contributed by atoms with E-state index in [1.54, 1.807) is 7.05 Å². The molecule has 2 aromatic rings. The molecule has 0 aliphatic rings. The molecule has 1 aromatic heterocycles. The van der Waals surface area contributed by atoms with Crippen LogP contribution in [0.2, 0.25) is 0 Å². The summed E-state index contributed by atoms with van der Waals surface area (Å²) in [5.41, 5.74) is -0.241. The van der Waals surface area contributed by atoms with Gasteiger partial charge in [-0.1, -0.05) is 0 Å². The van der Waals surface area contributed by atoms with Gasteiger partial charge < -0.3 is 0 Å². The molecule has 0 saturated heterocycles. The fourth-order valence-corrected chi connectivity index (χ4v) is 1.44. The first-order valence-electron chi connectivity index (χ1n) is 4.99. The van der Waals surface area contributed by atoms with Crippen LogP contribution in [0.3, 0.4) is 0 Å². The number of carbonyl (C=O) groups is 1. The van der Waals surface area contributed by atoms with E-state index in [9.17, 15) is 18.0 Å². The quantitative estimate of drug-likeness (QED) is 0.619. The van der Waals surface area contributed by atoms with Crippen molar-refractivity contribution in [3.8, 4) is 0 Å². The van der Waals surface area contributed by atoms with Crippen molar-refractivity contribution >= 4 is 5.78 Å². The van der Waals surface area contributed by atoms with Crippen LogP contribution in [-0.4, -0.2) is 20.5 Å². The minimum Gasteiger partial charge on any atom is -0.294 e. The van der Waals surface area contributed by atoms with E-state index in [1.165, 1.54) is 11.0 Å². The van der Waals surface area contributed by atoms with Crippen LogP contribution in [0, 0.1) is 17.5 Å². The summed E-state index contributed by atoms with van der Waals surface area (Å²) in [5.74, 6) is -4.59. The maximum atomic E-state index is 13.0. The van der Waals surface area contributed by atoms with Crippen molar-refractivity contribution in [1.82, 2.24) is 14.8 Å². The summed E-state index contributed by atoms with van der Waals surface area (Å²) < 4.78 is 40.0. The zero-order chi connectivity index (χ0) is 13.3. The zero-order valence-corrected chi connectivity index (χ0v) is 9.32. The average Bonchev–Trinajstić information content (AvgIpc) is 2.71. The van der Waals surface area contributed by atoms with Gasteiger partial charge in [0.25, 0.3) is 0 Å². The molecular formula is C11H8F3N3O. The van der Waals surface area contributed by atoms with E-state index < -0.39 is 23.2 Å². The number of rotatable bonds is 3. The Morgan fingerprint density at radius 1 is 1.28 bits per heavy atom. The summed E-state index contributed by atoms with van der Waals surface area (Å²) in [6.45, 7) is 0. The second kappa shape index (κ2) is 4.59. The molecule has 4 nitrogen and oxygen atoms in total. The Labute approximate surface area is 100 Å². The number of benzene rings is 1. The number of Topliss-reactive ketones (excluding diaryl/α,β-unsaturated/α-hetero) is 1. The highest BCUT2D eigenvalue weighted by Gasteiger charge is 2.16. The smallest absolute Gasteiger partial charge is 0.194 e. The molecule has 2 rings (SSSR count). The van der Waals surface area contributed by atoms with Crippen molar-refractivity contribution in [3.63, 3.8) is 0 Å². The number of carbonyl (C=O) groups excluding carboxylic acids is 1. The summed E-state index contributed by atoms with van der Waals surface area (Å²) in [4.78, 5) is 15.6. The largest absolute Gasteiger partial charge is 0.294 e. The lowest BCUT2D eigenvalue weighted by Crippen LogP contribution is -2.10. The van der Waals surface area contributed by atoms with Gasteiger partial charge in [-0.25, -0.2) is 18.2 Å². The summed E-state index contributed by atoms with van der Waals surface area (Å²) in [5, 5.41) is 3.76. The Morgan fingerprint density at radius 2 is 1.89 bits per heavy atom. The molecule has 18 heavy (non-hydrogen) atoms. The van der Waals surface area contributed by atoms with E-state index in [1.807, 2.05) is 0 Å². The van der Waals surface area contributed by atoms with Crippen molar-refractivity contribution in [3.05, 3.63) is 47.3 Å². The molecule has 0 aliphatic carbocycles. The fourth-order valence-electron chi connectivity index (χ4n) is 1.44. The van der Waals surface area contributed by atoms with Crippen molar-refractivity contribution in [2.24, 2.45) is 7.05 Å². The minimum absolute atomic E-state index is 0.166. The topological polar surface area (TPSA) is 47.8 Å². The summed E-state index contributed by atoms with van der Waals surface area (Å²) >= 11 is 0. The van der Waals surface area contributed by atoms with E-state index in [2.05, 4.69) is 10.1 Å². The van der Waals surface area contributed by atoms with Gasteiger partial charge in [0.2, 0.25) is 0 Å². The Morgan fingerprint density at radius 3 is 2.39 bits per heavy atom. The average molecular weight is 255 g/mol. The number of hydrogen-bond donors (Lipinski definition) is 0. The molecule has 0 saturated carbocycles. The van der Waals surface area contributed by atoms with Crippen LogP contribution in [0.5, 0.6) is 0 Å². The zero-order valence-electron chi connectivity index (χ0n) is 9.32. The molecule has 0 atom stereocenters. The van der Waals surface area contributed by atoms with Gasteiger partial charge in [-0.3, -0.25) is 9.48 Å². The highest BCUT2D eigenvalue weighted by molar-refractivity contribution is 5.97. The third-order valence-corrected chi connectivity index (χ3v) is 2.43.